The van der Waals surface area contributed by atoms with Gasteiger partial charge in [-0.05, 0) is 6.08 Å². The number of nitrogens with zero attached hydrogens (tertiary/aromatic N) is 1. The molecule has 1 unspecified atom stereocenters. The molecule has 9 heavy (non-hydrogen) atoms. The summed E-state index contributed by atoms with van der Waals surface area (Å²) in [6.07, 6.45) is 5.98. The second-order valence-corrected chi connectivity index (χ2v) is 2.10. The number of quaternary nitrogens is 1. The van der Waals surface area contributed by atoms with Crippen LogP contribution in [0.1, 0.15) is 0 Å². The van der Waals surface area contributed by atoms with E-state index in [1.54, 1.807) is 12.2 Å². The SMILES string of the molecule is [NaH].[O-][N+]1(S)C=C=CC=C1. The third-order valence-corrected chi connectivity index (χ3v) is 1.00. The number of allylic oxidation sites excluding steroid dienone is 2. The molecule has 0 aromatic heterocycles. The molecule has 0 saturated heterocycles. The monoisotopic (exact) mass is 151 g/mol. The Hall–Kier alpha value is 0.530. The van der Waals surface area contributed by atoms with E-state index in [9.17, 15) is 5.21 Å². The molecule has 0 N–H and O–H groups in total. The van der Waals surface area contributed by atoms with Gasteiger partial charge in [-0.2, -0.15) is 0 Å². The molecule has 1 rings (SSSR count). The van der Waals surface area contributed by atoms with E-state index in [0.29, 0.717) is 0 Å². The third kappa shape index (κ3) is 3.28. The summed E-state index contributed by atoms with van der Waals surface area (Å²) in [5.74, 6) is 0. The van der Waals surface area contributed by atoms with Crippen LogP contribution >= 0.6 is 12.8 Å². The summed E-state index contributed by atoms with van der Waals surface area (Å²) in [5, 5.41) is 10.7. The maximum atomic E-state index is 10.7. The standard InChI is InChI=1S/C5H5NOS.Na.H/c7-6(8)4-2-1-3-5-6;;/h1-2,4-5,8H;;. The molecule has 1 aliphatic rings. The molecule has 1 aliphatic heterocycles. The van der Waals surface area contributed by atoms with Crippen LogP contribution in [0.4, 0.5) is 0 Å². The van der Waals surface area contributed by atoms with Crippen LogP contribution in [0, 0.1) is 5.21 Å². The minimum atomic E-state index is -0.753. The topological polar surface area (TPSA) is 23.1 Å². The second kappa shape index (κ2) is 3.64. The van der Waals surface area contributed by atoms with Crippen molar-refractivity contribution >= 4 is 42.4 Å². The average molecular weight is 151 g/mol. The Morgan fingerprint density at radius 1 is 1.56 bits per heavy atom. The Morgan fingerprint density at radius 3 is 2.44 bits per heavy atom. The van der Waals surface area contributed by atoms with E-state index in [0.717, 1.165) is 0 Å². The van der Waals surface area contributed by atoms with Crippen molar-refractivity contribution in [3.63, 3.8) is 0 Å². The zero-order valence-electron chi connectivity index (χ0n) is 4.11. The molecular formula is C5H6NNaOS. The number of thiol groups is 1. The Kier molecular flexibility index (Phi) is 3.85. The van der Waals surface area contributed by atoms with Gasteiger partial charge in [-0.15, -0.1) is 0 Å². The first-order chi connectivity index (χ1) is 3.71. The van der Waals surface area contributed by atoms with Crippen molar-refractivity contribution in [3.8, 4) is 0 Å². The molecule has 0 fully saturated rings. The number of hydrogen-bond acceptors (Lipinski definition) is 2. The van der Waals surface area contributed by atoms with Gasteiger partial charge in [0, 0.05) is 6.08 Å². The molecule has 44 valence electrons. The molecule has 0 radical (unpaired) electrons. The molecule has 0 aliphatic carbocycles. The van der Waals surface area contributed by atoms with Gasteiger partial charge in [0.2, 0.25) is 0 Å². The van der Waals surface area contributed by atoms with E-state index < -0.39 is 4.05 Å². The predicted molar refractivity (Wildman–Crippen MR) is 41.6 cm³/mol. The van der Waals surface area contributed by atoms with Gasteiger partial charge < -0.3 is 5.21 Å². The van der Waals surface area contributed by atoms with Crippen LogP contribution in [0.2, 0.25) is 0 Å². The van der Waals surface area contributed by atoms with Crippen molar-refractivity contribution in [2.45, 2.75) is 0 Å². The van der Waals surface area contributed by atoms with Gasteiger partial charge in [0.05, 0.1) is 12.8 Å². The summed E-state index contributed by atoms with van der Waals surface area (Å²) in [7, 11) is 0. The first-order valence-electron chi connectivity index (χ1n) is 2.14. The van der Waals surface area contributed by atoms with Crippen molar-refractivity contribution in [1.29, 1.82) is 0 Å². The molecule has 2 nitrogen and oxygen atoms in total. The van der Waals surface area contributed by atoms with Crippen molar-refractivity contribution < 1.29 is 4.05 Å². The number of rotatable bonds is 0. The minimum absolute atomic E-state index is 0. The fraction of sp³-hybridized carbons (Fsp3) is 0. The van der Waals surface area contributed by atoms with E-state index in [2.05, 4.69) is 18.5 Å². The van der Waals surface area contributed by atoms with Crippen molar-refractivity contribution in [1.82, 2.24) is 0 Å². The Bertz CT molecular complexity index is 181. The van der Waals surface area contributed by atoms with E-state index in [1.165, 1.54) is 12.4 Å². The summed E-state index contributed by atoms with van der Waals surface area (Å²) in [6, 6.07) is 0. The zero-order chi connectivity index (χ0) is 6.04. The largest absolute Gasteiger partial charge is 0.610 e. The number of hydroxylamine groups is 2. The van der Waals surface area contributed by atoms with Gasteiger partial charge in [0.25, 0.3) is 0 Å². The summed E-state index contributed by atoms with van der Waals surface area (Å²) in [5.41, 5.74) is 2.62. The molecule has 0 spiro atoms. The maximum Gasteiger partial charge on any atom is 0.155 e. The minimum Gasteiger partial charge on any atom is -0.610 e. The van der Waals surface area contributed by atoms with Crippen molar-refractivity contribution in [2.75, 3.05) is 0 Å². The molecule has 0 amide bonds. The Morgan fingerprint density at radius 2 is 2.22 bits per heavy atom. The molecule has 1 heterocycles. The van der Waals surface area contributed by atoms with E-state index >= 15 is 0 Å². The summed E-state index contributed by atoms with van der Waals surface area (Å²) in [6.45, 7) is 0. The smallest absolute Gasteiger partial charge is 0.155 e. The van der Waals surface area contributed by atoms with Crippen molar-refractivity contribution in [3.05, 3.63) is 35.5 Å². The molecule has 0 saturated carbocycles. The normalized spacial score (nSPS) is 30.0. The van der Waals surface area contributed by atoms with Crippen LogP contribution in [0.5, 0.6) is 0 Å². The predicted octanol–water partition coefficient (Wildman–Crippen LogP) is 0.693. The molecule has 1 atom stereocenters. The van der Waals surface area contributed by atoms with Gasteiger partial charge in [0.15, 0.2) is 6.20 Å². The first-order valence-corrected chi connectivity index (χ1v) is 2.54. The Labute approximate surface area is 81.5 Å². The fourth-order valence-electron chi connectivity index (χ4n) is 0.415. The van der Waals surface area contributed by atoms with Crippen LogP contribution in [0.15, 0.2) is 30.3 Å². The summed E-state index contributed by atoms with van der Waals surface area (Å²) >= 11 is 3.68. The van der Waals surface area contributed by atoms with Crippen LogP contribution < -0.4 is 0 Å². The third-order valence-electron chi connectivity index (χ3n) is 0.752. The van der Waals surface area contributed by atoms with Crippen LogP contribution in [-0.4, -0.2) is 33.6 Å². The van der Waals surface area contributed by atoms with E-state index in [4.69, 9.17) is 0 Å². The zero-order valence-corrected chi connectivity index (χ0v) is 5.01. The first kappa shape index (κ1) is 9.53. The molecule has 0 aromatic rings. The van der Waals surface area contributed by atoms with Crippen LogP contribution in [0.3, 0.4) is 0 Å². The van der Waals surface area contributed by atoms with Crippen LogP contribution in [0.25, 0.3) is 0 Å². The fourth-order valence-corrected chi connectivity index (χ4v) is 0.558. The summed E-state index contributed by atoms with van der Waals surface area (Å²) < 4.78 is -0.753. The van der Waals surface area contributed by atoms with Gasteiger partial charge >= 0.3 is 29.6 Å². The van der Waals surface area contributed by atoms with E-state index in [1.807, 2.05) is 0 Å². The van der Waals surface area contributed by atoms with E-state index in [-0.39, 0.29) is 29.6 Å². The van der Waals surface area contributed by atoms with Crippen LogP contribution in [-0.2, 0) is 0 Å². The number of hydrogen-bond donors (Lipinski definition) is 1. The molecule has 0 bridgehead atoms. The maximum absolute atomic E-state index is 10.7. The van der Waals surface area contributed by atoms with Crippen molar-refractivity contribution in [2.24, 2.45) is 0 Å². The van der Waals surface area contributed by atoms with Gasteiger partial charge in [0.1, 0.15) is 6.20 Å². The quantitative estimate of drug-likeness (QED) is 0.178. The second-order valence-electron chi connectivity index (χ2n) is 1.48. The summed E-state index contributed by atoms with van der Waals surface area (Å²) in [4.78, 5) is 0. The van der Waals surface area contributed by atoms with Gasteiger partial charge in [-0.3, -0.25) is 0 Å². The molecule has 4 heteroatoms. The molecular weight excluding hydrogens is 145 g/mol. The van der Waals surface area contributed by atoms with Gasteiger partial charge in [-0.25, -0.2) is 4.05 Å². The average Bonchev–Trinajstić information content (AvgIpc) is 1.65. The Balaban J connectivity index is 0.000000640. The molecule has 0 aromatic carbocycles. The van der Waals surface area contributed by atoms with Gasteiger partial charge in [-0.1, -0.05) is 5.73 Å².